The molecule has 0 atom stereocenters. The van der Waals surface area contributed by atoms with Gasteiger partial charge in [-0.25, -0.2) is 0 Å². The maximum absolute atomic E-state index is 12.4. The third-order valence-corrected chi connectivity index (χ3v) is 3.86. The molecule has 0 aromatic heterocycles. The van der Waals surface area contributed by atoms with Crippen molar-refractivity contribution in [1.82, 2.24) is 10.6 Å². The minimum Gasteiger partial charge on any atom is -0.481 e. The highest BCUT2D eigenvalue weighted by atomic mass is 16.4. The van der Waals surface area contributed by atoms with Crippen LogP contribution in [0.5, 0.6) is 0 Å². The fourth-order valence-electron chi connectivity index (χ4n) is 2.41. The molecule has 0 spiro atoms. The van der Waals surface area contributed by atoms with E-state index in [0.29, 0.717) is 36.9 Å². The number of amides is 2. The Hall–Kier alpha value is -3.48. The number of carbonyl (C=O) groups excluding carboxylic acids is 2. The van der Waals surface area contributed by atoms with Crippen LogP contribution in [-0.4, -0.2) is 35.4 Å². The Kier molecular flexibility index (Phi) is 8.39. The largest absolute Gasteiger partial charge is 0.481 e. The summed E-state index contributed by atoms with van der Waals surface area (Å²) in [4.78, 5) is 39.2. The second-order valence-electron chi connectivity index (χ2n) is 6.08. The zero-order chi connectivity index (χ0) is 20.2. The highest BCUT2D eigenvalue weighted by Crippen LogP contribution is 2.02. The number of aliphatic carboxylic acids is 1. The Morgan fingerprint density at radius 3 is 2.04 bits per heavy atom. The van der Waals surface area contributed by atoms with Gasteiger partial charge in [-0.2, -0.15) is 4.99 Å². The summed E-state index contributed by atoms with van der Waals surface area (Å²) in [5.74, 6) is -1.60. The number of guanidine groups is 1. The molecule has 146 valence electrons. The summed E-state index contributed by atoms with van der Waals surface area (Å²) in [6.45, 7) is 0.454. The van der Waals surface area contributed by atoms with E-state index in [1.165, 1.54) is 0 Å². The molecule has 2 aromatic rings. The Morgan fingerprint density at radius 1 is 0.821 bits per heavy atom. The first kappa shape index (κ1) is 20.8. The Bertz CT molecular complexity index is 820. The van der Waals surface area contributed by atoms with Gasteiger partial charge in [-0.05, 0) is 37.1 Å². The van der Waals surface area contributed by atoms with Crippen molar-refractivity contribution in [3.63, 3.8) is 0 Å². The van der Waals surface area contributed by atoms with Crippen LogP contribution in [0.1, 0.15) is 46.4 Å². The van der Waals surface area contributed by atoms with E-state index in [9.17, 15) is 14.4 Å². The van der Waals surface area contributed by atoms with E-state index in [-0.39, 0.29) is 18.3 Å². The highest BCUT2D eigenvalue weighted by molar-refractivity contribution is 6.10. The van der Waals surface area contributed by atoms with Crippen LogP contribution in [-0.2, 0) is 4.79 Å². The second kappa shape index (κ2) is 11.3. The average Bonchev–Trinajstić information content (AvgIpc) is 2.71. The van der Waals surface area contributed by atoms with Crippen LogP contribution < -0.4 is 10.6 Å². The van der Waals surface area contributed by atoms with Crippen LogP contribution in [0.25, 0.3) is 0 Å². The number of benzene rings is 2. The summed E-state index contributed by atoms with van der Waals surface area (Å²) in [7, 11) is 0. The predicted molar refractivity (Wildman–Crippen MR) is 106 cm³/mol. The van der Waals surface area contributed by atoms with Crippen molar-refractivity contribution in [3.05, 3.63) is 71.8 Å². The van der Waals surface area contributed by atoms with Crippen molar-refractivity contribution in [2.24, 2.45) is 4.99 Å². The molecule has 0 bridgehead atoms. The molecule has 0 aliphatic rings. The number of hydrogen-bond acceptors (Lipinski definition) is 3. The lowest BCUT2D eigenvalue weighted by atomic mass is 10.2. The lowest BCUT2D eigenvalue weighted by Crippen LogP contribution is -2.42. The van der Waals surface area contributed by atoms with Crippen LogP contribution in [0.4, 0.5) is 0 Å². The summed E-state index contributed by atoms with van der Waals surface area (Å²) >= 11 is 0. The number of nitrogens with zero attached hydrogens (tertiary/aromatic N) is 1. The van der Waals surface area contributed by atoms with Crippen LogP contribution in [0.2, 0.25) is 0 Å². The lowest BCUT2D eigenvalue weighted by Gasteiger charge is -2.11. The Morgan fingerprint density at radius 2 is 1.43 bits per heavy atom. The van der Waals surface area contributed by atoms with Gasteiger partial charge in [0.15, 0.2) is 0 Å². The maximum atomic E-state index is 12.4. The van der Waals surface area contributed by atoms with E-state index in [2.05, 4.69) is 15.6 Å². The Labute approximate surface area is 163 Å². The van der Waals surface area contributed by atoms with E-state index < -0.39 is 11.9 Å². The fraction of sp³-hybridized carbons (Fsp3) is 0.238. The lowest BCUT2D eigenvalue weighted by molar-refractivity contribution is -0.137. The van der Waals surface area contributed by atoms with Gasteiger partial charge < -0.3 is 10.4 Å². The summed E-state index contributed by atoms with van der Waals surface area (Å²) < 4.78 is 0. The maximum Gasteiger partial charge on any atom is 0.303 e. The van der Waals surface area contributed by atoms with Gasteiger partial charge in [0, 0.05) is 24.1 Å². The minimum atomic E-state index is -0.821. The van der Waals surface area contributed by atoms with Crippen molar-refractivity contribution >= 4 is 23.7 Å². The molecule has 2 amide bonds. The number of carboxylic acids is 1. The van der Waals surface area contributed by atoms with Crippen molar-refractivity contribution < 1.29 is 19.5 Å². The van der Waals surface area contributed by atoms with Crippen LogP contribution in [0.3, 0.4) is 0 Å². The smallest absolute Gasteiger partial charge is 0.303 e. The topological polar surface area (TPSA) is 108 Å². The zero-order valence-corrected chi connectivity index (χ0v) is 15.4. The van der Waals surface area contributed by atoms with Gasteiger partial charge in [0.1, 0.15) is 0 Å². The number of aliphatic imine (C=N–C) groups is 1. The number of carboxylic acid groups (broad SMARTS) is 1. The van der Waals surface area contributed by atoms with Gasteiger partial charge >= 0.3 is 5.97 Å². The standard InChI is InChI=1S/C21H23N3O4/c25-18(26)14-8-3-9-15-22-21(23-19(27)16-10-4-1-5-11-16)24-20(28)17-12-6-2-7-13-17/h1-2,4-7,10-13H,3,8-9,14-15H2,(H,25,26)(H2,22,23,24,27,28). The van der Waals surface area contributed by atoms with Gasteiger partial charge in [0.25, 0.3) is 11.8 Å². The number of hydrogen-bond donors (Lipinski definition) is 3. The Balaban J connectivity index is 2.00. The van der Waals surface area contributed by atoms with E-state index >= 15 is 0 Å². The average molecular weight is 381 g/mol. The molecule has 0 aliphatic carbocycles. The first-order valence-electron chi connectivity index (χ1n) is 9.06. The summed E-state index contributed by atoms with van der Waals surface area (Å²) in [5, 5.41) is 14.2. The first-order valence-corrected chi connectivity index (χ1v) is 9.06. The number of unbranched alkanes of at least 4 members (excludes halogenated alkanes) is 2. The molecule has 7 nitrogen and oxygen atoms in total. The summed E-state index contributed by atoms with van der Waals surface area (Å²) in [6, 6.07) is 17.2. The molecule has 2 rings (SSSR count). The van der Waals surface area contributed by atoms with E-state index in [1.54, 1.807) is 60.7 Å². The van der Waals surface area contributed by atoms with Gasteiger partial charge in [0.05, 0.1) is 0 Å². The number of nitrogens with one attached hydrogen (secondary N) is 2. The predicted octanol–water partition coefficient (Wildman–Crippen LogP) is 2.85. The molecular formula is C21H23N3O4. The quantitative estimate of drug-likeness (QED) is 0.370. The SMILES string of the molecule is O=C(O)CCCCCN/C(=N/C(=O)c1ccccc1)NC(=O)c1ccccc1. The first-order chi connectivity index (χ1) is 13.6. The monoisotopic (exact) mass is 381 g/mol. The number of carbonyl (C=O) groups is 3. The van der Waals surface area contributed by atoms with Crippen molar-refractivity contribution in [2.75, 3.05) is 6.54 Å². The van der Waals surface area contributed by atoms with Crippen molar-refractivity contribution in [3.8, 4) is 0 Å². The molecule has 0 radical (unpaired) electrons. The number of rotatable bonds is 8. The van der Waals surface area contributed by atoms with Crippen LogP contribution in [0, 0.1) is 0 Å². The van der Waals surface area contributed by atoms with Crippen LogP contribution in [0.15, 0.2) is 65.7 Å². The van der Waals surface area contributed by atoms with Gasteiger partial charge in [-0.15, -0.1) is 0 Å². The van der Waals surface area contributed by atoms with E-state index in [0.717, 1.165) is 0 Å². The summed E-state index contributed by atoms with van der Waals surface area (Å²) in [5.41, 5.74) is 0.864. The molecular weight excluding hydrogens is 358 g/mol. The minimum absolute atomic E-state index is 0.0703. The third-order valence-electron chi connectivity index (χ3n) is 3.86. The molecule has 7 heteroatoms. The molecule has 0 aliphatic heterocycles. The molecule has 2 aromatic carbocycles. The van der Waals surface area contributed by atoms with E-state index in [1.807, 2.05) is 0 Å². The van der Waals surface area contributed by atoms with Gasteiger partial charge in [-0.1, -0.05) is 42.8 Å². The molecule has 0 unspecified atom stereocenters. The molecule has 3 N–H and O–H groups in total. The highest BCUT2D eigenvalue weighted by Gasteiger charge is 2.11. The zero-order valence-electron chi connectivity index (χ0n) is 15.4. The fourth-order valence-corrected chi connectivity index (χ4v) is 2.41. The van der Waals surface area contributed by atoms with Crippen LogP contribution >= 0.6 is 0 Å². The molecule has 28 heavy (non-hydrogen) atoms. The third kappa shape index (κ3) is 7.41. The molecule has 0 saturated carbocycles. The normalized spacial score (nSPS) is 10.9. The van der Waals surface area contributed by atoms with Gasteiger partial charge in [0.2, 0.25) is 5.96 Å². The van der Waals surface area contributed by atoms with E-state index in [4.69, 9.17) is 5.11 Å². The van der Waals surface area contributed by atoms with Crippen molar-refractivity contribution in [1.29, 1.82) is 0 Å². The summed E-state index contributed by atoms with van der Waals surface area (Å²) in [6.07, 6.45) is 2.10. The molecule has 0 fully saturated rings. The molecule has 0 heterocycles. The molecule has 0 saturated heterocycles. The second-order valence-corrected chi connectivity index (χ2v) is 6.08. The van der Waals surface area contributed by atoms with Gasteiger partial charge in [-0.3, -0.25) is 19.7 Å². The van der Waals surface area contributed by atoms with Crippen molar-refractivity contribution in [2.45, 2.75) is 25.7 Å².